The lowest BCUT2D eigenvalue weighted by atomic mass is 10.1. The molecule has 0 heterocycles. The lowest BCUT2D eigenvalue weighted by molar-refractivity contribution is 0.585. The zero-order valence-corrected chi connectivity index (χ0v) is 10.0. The van der Waals surface area contributed by atoms with Crippen LogP contribution in [0, 0.1) is 11.0 Å². The Kier molecular flexibility index (Phi) is 11.4. The molecule has 0 N–H and O–H groups in total. The summed E-state index contributed by atoms with van der Waals surface area (Å²) in [7, 11) is 0.106. The van der Waals surface area contributed by atoms with Crippen molar-refractivity contribution >= 4 is 9.52 Å². The summed E-state index contributed by atoms with van der Waals surface area (Å²) in [6.45, 7) is 2.25. The van der Waals surface area contributed by atoms with Gasteiger partial charge in [0.1, 0.15) is 0 Å². The lowest BCUT2D eigenvalue weighted by Gasteiger charge is -1.99. The number of rotatable bonds is 9. The Bertz CT molecular complexity index is 129. The molecule has 0 bridgehead atoms. The highest BCUT2D eigenvalue weighted by Gasteiger charge is 1.91. The van der Waals surface area contributed by atoms with Gasteiger partial charge in [-0.25, -0.2) is 5.26 Å². The van der Waals surface area contributed by atoms with Crippen LogP contribution in [0.5, 0.6) is 0 Å². The van der Waals surface area contributed by atoms with Crippen LogP contribution in [-0.4, -0.2) is 9.52 Å². The van der Waals surface area contributed by atoms with Crippen molar-refractivity contribution < 1.29 is 0 Å². The Morgan fingerprint density at radius 3 is 2.00 bits per heavy atom. The Labute approximate surface area is 85.4 Å². The summed E-state index contributed by atoms with van der Waals surface area (Å²) in [5, 5.41) is 8.35. The van der Waals surface area contributed by atoms with Gasteiger partial charge >= 0.3 is 0 Å². The predicted molar refractivity (Wildman–Crippen MR) is 60.2 cm³/mol. The molecular formula is C11H22NSi. The first-order valence-electron chi connectivity index (χ1n) is 5.63. The fourth-order valence-corrected chi connectivity index (χ4v) is 2.07. The Hall–Kier alpha value is -0.293. The van der Waals surface area contributed by atoms with E-state index in [-0.39, 0.29) is 9.52 Å². The normalized spacial score (nSPS) is 9.85. The molecule has 0 spiro atoms. The van der Waals surface area contributed by atoms with Gasteiger partial charge in [0, 0.05) is 5.69 Å². The highest BCUT2D eigenvalue weighted by Crippen LogP contribution is 2.09. The van der Waals surface area contributed by atoms with Gasteiger partial charge in [0.15, 0.2) is 9.52 Å². The van der Waals surface area contributed by atoms with Gasteiger partial charge in [-0.3, -0.25) is 0 Å². The molecule has 0 aromatic carbocycles. The van der Waals surface area contributed by atoms with Gasteiger partial charge in [0.05, 0.1) is 0 Å². The molecule has 1 radical (unpaired) electrons. The first-order chi connectivity index (χ1) is 6.41. The smallest absolute Gasteiger partial charge is 0.163 e. The van der Waals surface area contributed by atoms with E-state index in [1.807, 2.05) is 0 Å². The van der Waals surface area contributed by atoms with E-state index in [0.717, 1.165) is 0 Å². The summed E-state index contributed by atoms with van der Waals surface area (Å²) < 4.78 is 0. The highest BCUT2D eigenvalue weighted by molar-refractivity contribution is 6.44. The van der Waals surface area contributed by atoms with Crippen molar-refractivity contribution in [3.8, 4) is 5.69 Å². The number of nitrogens with zero attached hydrogens (tertiary/aromatic N) is 1. The average molecular weight is 196 g/mol. The monoisotopic (exact) mass is 196 g/mol. The van der Waals surface area contributed by atoms with Crippen molar-refractivity contribution in [2.24, 2.45) is 0 Å². The van der Waals surface area contributed by atoms with Crippen LogP contribution in [0.4, 0.5) is 0 Å². The van der Waals surface area contributed by atoms with Crippen LogP contribution in [-0.2, 0) is 0 Å². The minimum absolute atomic E-state index is 0.106. The molecule has 0 saturated heterocycles. The molecule has 0 aliphatic rings. The van der Waals surface area contributed by atoms with Crippen LogP contribution in [0.25, 0.3) is 0 Å². The standard InChI is InChI=1S/C11H22NSi/c1-2-3-4-5-6-7-8-9-10-13-11-12/h13H,2-10H2,1H3. The third-order valence-corrected chi connectivity index (χ3v) is 3.17. The van der Waals surface area contributed by atoms with Gasteiger partial charge < -0.3 is 0 Å². The summed E-state index contributed by atoms with van der Waals surface area (Å²) in [5.41, 5.74) is 2.27. The number of nitriles is 1. The Balaban J connectivity index is 2.80. The van der Waals surface area contributed by atoms with E-state index in [1.54, 1.807) is 0 Å². The molecule has 0 fully saturated rings. The third-order valence-electron chi connectivity index (χ3n) is 2.29. The lowest BCUT2D eigenvalue weighted by Crippen LogP contribution is -1.85. The van der Waals surface area contributed by atoms with Crippen LogP contribution in [0.1, 0.15) is 58.3 Å². The van der Waals surface area contributed by atoms with Crippen molar-refractivity contribution in [2.45, 2.75) is 64.3 Å². The second-order valence-corrected chi connectivity index (χ2v) is 4.84. The topological polar surface area (TPSA) is 23.8 Å². The molecule has 0 aliphatic heterocycles. The quantitative estimate of drug-likeness (QED) is 0.409. The van der Waals surface area contributed by atoms with Crippen LogP contribution < -0.4 is 0 Å². The summed E-state index contributed by atoms with van der Waals surface area (Å²) >= 11 is 0. The van der Waals surface area contributed by atoms with Crippen molar-refractivity contribution in [1.29, 1.82) is 5.26 Å². The van der Waals surface area contributed by atoms with E-state index in [9.17, 15) is 0 Å². The fraction of sp³-hybridized carbons (Fsp3) is 0.909. The van der Waals surface area contributed by atoms with E-state index < -0.39 is 0 Å². The SMILES string of the molecule is CCCCCCCCCC[SiH]C#N. The predicted octanol–water partition coefficient (Wildman–Crippen LogP) is 3.46. The number of unbranched alkanes of at least 4 members (excludes halogenated alkanes) is 7. The van der Waals surface area contributed by atoms with E-state index >= 15 is 0 Å². The minimum atomic E-state index is 0.106. The molecule has 0 saturated carbocycles. The van der Waals surface area contributed by atoms with Crippen molar-refractivity contribution in [1.82, 2.24) is 0 Å². The molecule has 0 unspecified atom stereocenters. The van der Waals surface area contributed by atoms with Crippen molar-refractivity contribution in [3.63, 3.8) is 0 Å². The van der Waals surface area contributed by atoms with Crippen LogP contribution >= 0.6 is 0 Å². The van der Waals surface area contributed by atoms with Gasteiger partial charge in [-0.2, -0.15) is 0 Å². The molecule has 0 rings (SSSR count). The molecule has 2 heteroatoms. The van der Waals surface area contributed by atoms with Gasteiger partial charge in [0.2, 0.25) is 0 Å². The minimum Gasteiger partial charge on any atom is -0.207 e. The van der Waals surface area contributed by atoms with E-state index in [0.29, 0.717) is 0 Å². The Morgan fingerprint density at radius 2 is 1.46 bits per heavy atom. The maximum atomic E-state index is 8.35. The molecule has 13 heavy (non-hydrogen) atoms. The second kappa shape index (κ2) is 11.7. The fourth-order valence-electron chi connectivity index (χ4n) is 1.44. The summed E-state index contributed by atoms with van der Waals surface area (Å²) in [4.78, 5) is 0. The summed E-state index contributed by atoms with van der Waals surface area (Å²) in [6, 6.07) is 1.19. The summed E-state index contributed by atoms with van der Waals surface area (Å²) in [6.07, 6.45) is 11.0. The van der Waals surface area contributed by atoms with Crippen molar-refractivity contribution in [3.05, 3.63) is 0 Å². The van der Waals surface area contributed by atoms with Crippen LogP contribution in [0.3, 0.4) is 0 Å². The Morgan fingerprint density at radius 1 is 0.923 bits per heavy atom. The zero-order valence-electron chi connectivity index (χ0n) is 8.89. The molecule has 0 aliphatic carbocycles. The summed E-state index contributed by atoms with van der Waals surface area (Å²) in [5.74, 6) is 0. The van der Waals surface area contributed by atoms with Gasteiger partial charge in [0.25, 0.3) is 0 Å². The molecule has 1 nitrogen and oxygen atoms in total. The maximum absolute atomic E-state index is 8.35. The maximum Gasteiger partial charge on any atom is 0.163 e. The largest absolute Gasteiger partial charge is 0.207 e. The molecule has 0 amide bonds. The first kappa shape index (κ1) is 12.7. The average Bonchev–Trinajstić information content (AvgIpc) is 2.16. The third kappa shape index (κ3) is 11.7. The van der Waals surface area contributed by atoms with Crippen molar-refractivity contribution in [2.75, 3.05) is 0 Å². The molecule has 0 atom stereocenters. The van der Waals surface area contributed by atoms with Gasteiger partial charge in [-0.15, -0.1) is 0 Å². The molecule has 0 aromatic heterocycles. The van der Waals surface area contributed by atoms with Gasteiger partial charge in [-0.1, -0.05) is 58.3 Å². The van der Waals surface area contributed by atoms with E-state index in [2.05, 4.69) is 12.6 Å². The molecule has 0 aromatic rings. The van der Waals surface area contributed by atoms with E-state index in [4.69, 9.17) is 5.26 Å². The zero-order chi connectivity index (χ0) is 9.78. The van der Waals surface area contributed by atoms with Crippen LogP contribution in [0.2, 0.25) is 6.04 Å². The van der Waals surface area contributed by atoms with Crippen LogP contribution in [0.15, 0.2) is 0 Å². The molecular weight excluding hydrogens is 174 g/mol. The first-order valence-corrected chi connectivity index (χ1v) is 7.02. The highest BCUT2D eigenvalue weighted by atomic mass is 28.2. The second-order valence-electron chi connectivity index (χ2n) is 3.60. The van der Waals surface area contributed by atoms with E-state index in [1.165, 1.54) is 57.4 Å². The number of hydrogen-bond donors (Lipinski definition) is 0. The number of hydrogen-bond acceptors (Lipinski definition) is 1. The van der Waals surface area contributed by atoms with Gasteiger partial charge in [-0.05, 0) is 6.04 Å². The molecule has 75 valence electrons.